The van der Waals surface area contributed by atoms with E-state index < -0.39 is 0 Å². The minimum absolute atomic E-state index is 0.885. The van der Waals surface area contributed by atoms with Crippen LogP contribution in [0.1, 0.15) is 5.56 Å². The number of para-hydroxylation sites is 1. The maximum Gasteiger partial charge on any atom is 0.136 e. The molecule has 2 nitrogen and oxygen atoms in total. The number of thiocarbonyl (C=S) groups is 1. The molecule has 1 aliphatic rings. The number of nitrogen functional groups attached to an aromatic ring is 1. The lowest BCUT2D eigenvalue weighted by atomic mass is 10.1. The highest BCUT2D eigenvalue weighted by atomic mass is 32.2. The second-order valence-corrected chi connectivity index (χ2v) is 5.28. The van der Waals surface area contributed by atoms with Crippen molar-refractivity contribution in [1.29, 1.82) is 0 Å². The van der Waals surface area contributed by atoms with Gasteiger partial charge in [0.2, 0.25) is 0 Å². The third-order valence-corrected chi connectivity index (χ3v) is 4.05. The van der Waals surface area contributed by atoms with Gasteiger partial charge < -0.3 is 10.6 Å². The predicted molar refractivity (Wildman–Crippen MR) is 71.2 cm³/mol. The van der Waals surface area contributed by atoms with E-state index in [0.717, 1.165) is 35.3 Å². The summed E-state index contributed by atoms with van der Waals surface area (Å²) in [6.07, 6.45) is 0.980. The number of nitrogens with two attached hydrogens (primary N) is 1. The Morgan fingerprint density at radius 3 is 2.87 bits per heavy atom. The van der Waals surface area contributed by atoms with Gasteiger partial charge in [-0.2, -0.15) is 0 Å². The topological polar surface area (TPSA) is 29.3 Å². The van der Waals surface area contributed by atoms with Gasteiger partial charge in [-0.25, -0.2) is 0 Å². The summed E-state index contributed by atoms with van der Waals surface area (Å²) in [5.74, 6) is 1.13. The minimum atomic E-state index is 0.885. The van der Waals surface area contributed by atoms with Gasteiger partial charge in [-0.1, -0.05) is 42.2 Å². The summed E-state index contributed by atoms with van der Waals surface area (Å²) in [5, 5.41) is 0. The van der Waals surface area contributed by atoms with Gasteiger partial charge >= 0.3 is 0 Å². The van der Waals surface area contributed by atoms with Gasteiger partial charge in [0.1, 0.15) is 4.32 Å². The molecule has 1 fully saturated rings. The Balaban J connectivity index is 1.93. The molecule has 0 radical (unpaired) electrons. The van der Waals surface area contributed by atoms with Crippen LogP contribution in [0.2, 0.25) is 0 Å². The van der Waals surface area contributed by atoms with Crippen molar-refractivity contribution in [3.63, 3.8) is 0 Å². The molecule has 2 rings (SSSR count). The van der Waals surface area contributed by atoms with Crippen LogP contribution in [0.3, 0.4) is 0 Å². The Labute approximate surface area is 99.8 Å². The van der Waals surface area contributed by atoms with Crippen molar-refractivity contribution in [3.8, 4) is 0 Å². The zero-order chi connectivity index (χ0) is 10.7. The predicted octanol–water partition coefficient (Wildman–Crippen LogP) is 2.15. The third kappa shape index (κ3) is 2.63. The second kappa shape index (κ2) is 4.86. The highest BCUT2D eigenvalue weighted by Gasteiger charge is 2.16. The molecular formula is C11H14N2S2. The van der Waals surface area contributed by atoms with Crippen molar-refractivity contribution < 1.29 is 0 Å². The Bertz CT molecular complexity index is 365. The molecule has 0 unspecified atom stereocenters. The molecule has 1 heterocycles. The molecule has 0 saturated carbocycles. The molecule has 1 saturated heterocycles. The van der Waals surface area contributed by atoms with Crippen LogP contribution in [0, 0.1) is 0 Å². The number of anilines is 1. The van der Waals surface area contributed by atoms with Gasteiger partial charge in [0.15, 0.2) is 0 Å². The first-order valence-corrected chi connectivity index (χ1v) is 6.42. The lowest BCUT2D eigenvalue weighted by Gasteiger charge is -2.16. The first-order chi connectivity index (χ1) is 7.27. The Morgan fingerprint density at radius 1 is 1.40 bits per heavy atom. The van der Waals surface area contributed by atoms with Gasteiger partial charge in [0, 0.05) is 24.5 Å². The number of hydrogen-bond donors (Lipinski definition) is 1. The Morgan fingerprint density at radius 2 is 2.20 bits per heavy atom. The van der Waals surface area contributed by atoms with Gasteiger partial charge in [-0.15, -0.1) is 0 Å². The molecule has 1 aromatic carbocycles. The summed E-state index contributed by atoms with van der Waals surface area (Å²) >= 11 is 7.02. The molecule has 0 aromatic heterocycles. The van der Waals surface area contributed by atoms with Crippen LogP contribution in [0.5, 0.6) is 0 Å². The monoisotopic (exact) mass is 238 g/mol. The summed E-state index contributed by atoms with van der Waals surface area (Å²) in [7, 11) is 0. The van der Waals surface area contributed by atoms with Crippen molar-refractivity contribution in [1.82, 2.24) is 4.90 Å². The molecule has 0 spiro atoms. The van der Waals surface area contributed by atoms with Crippen LogP contribution >= 0.6 is 24.0 Å². The fourth-order valence-corrected chi connectivity index (χ4v) is 2.93. The van der Waals surface area contributed by atoms with E-state index >= 15 is 0 Å². The zero-order valence-electron chi connectivity index (χ0n) is 8.48. The number of thioether (sulfide) groups is 1. The van der Waals surface area contributed by atoms with Gasteiger partial charge in [-0.3, -0.25) is 0 Å². The normalized spacial score (nSPS) is 16.0. The Kier molecular flexibility index (Phi) is 3.49. The van der Waals surface area contributed by atoms with E-state index in [4.69, 9.17) is 18.0 Å². The van der Waals surface area contributed by atoms with E-state index in [2.05, 4.69) is 11.0 Å². The summed E-state index contributed by atoms with van der Waals surface area (Å²) in [5.41, 5.74) is 7.99. The molecule has 0 amide bonds. The summed E-state index contributed by atoms with van der Waals surface area (Å²) in [6.45, 7) is 2.07. The first kappa shape index (κ1) is 10.8. The van der Waals surface area contributed by atoms with Crippen molar-refractivity contribution in [2.75, 3.05) is 24.6 Å². The average Bonchev–Trinajstić information content (AvgIpc) is 2.63. The maximum atomic E-state index is 5.88. The summed E-state index contributed by atoms with van der Waals surface area (Å²) in [4.78, 5) is 2.26. The fourth-order valence-electron chi connectivity index (χ4n) is 1.65. The lowest BCUT2D eigenvalue weighted by molar-refractivity contribution is 0.473. The van der Waals surface area contributed by atoms with E-state index in [1.165, 1.54) is 5.56 Å². The van der Waals surface area contributed by atoms with E-state index in [-0.39, 0.29) is 0 Å². The quantitative estimate of drug-likeness (QED) is 0.645. The van der Waals surface area contributed by atoms with Crippen LogP contribution in [0.15, 0.2) is 24.3 Å². The average molecular weight is 238 g/mol. The van der Waals surface area contributed by atoms with Crippen LogP contribution in [0.4, 0.5) is 5.69 Å². The second-order valence-electron chi connectivity index (χ2n) is 3.55. The molecule has 1 aliphatic heterocycles. The Hall–Kier alpha value is -0.740. The number of rotatable bonds is 3. The molecule has 4 heteroatoms. The number of hydrogen-bond acceptors (Lipinski definition) is 3. The molecule has 2 N–H and O–H groups in total. The molecule has 15 heavy (non-hydrogen) atoms. The highest BCUT2D eigenvalue weighted by molar-refractivity contribution is 8.23. The molecule has 80 valence electrons. The molecule has 1 aromatic rings. The third-order valence-electron chi connectivity index (χ3n) is 2.55. The standard InChI is InChI=1S/C11H14N2S2/c12-10-4-2-1-3-9(10)5-6-13-7-8-15-11(13)14/h1-4H,5-8,12H2. The van der Waals surface area contributed by atoms with Crippen LogP contribution in [-0.4, -0.2) is 28.1 Å². The zero-order valence-corrected chi connectivity index (χ0v) is 10.1. The highest BCUT2D eigenvalue weighted by Crippen LogP contribution is 2.19. The molecule has 0 atom stereocenters. The maximum absolute atomic E-state index is 5.88. The van der Waals surface area contributed by atoms with Crippen LogP contribution < -0.4 is 5.73 Å². The van der Waals surface area contributed by atoms with E-state index in [9.17, 15) is 0 Å². The van der Waals surface area contributed by atoms with E-state index in [1.54, 1.807) is 11.8 Å². The van der Waals surface area contributed by atoms with E-state index in [1.807, 2.05) is 18.2 Å². The van der Waals surface area contributed by atoms with E-state index in [0.29, 0.717) is 0 Å². The summed E-state index contributed by atoms with van der Waals surface area (Å²) < 4.78 is 1.03. The van der Waals surface area contributed by atoms with Gasteiger partial charge in [-0.05, 0) is 18.1 Å². The fraction of sp³-hybridized carbons (Fsp3) is 0.364. The van der Waals surface area contributed by atoms with Crippen molar-refractivity contribution >= 4 is 34.0 Å². The number of benzene rings is 1. The molecular weight excluding hydrogens is 224 g/mol. The largest absolute Gasteiger partial charge is 0.399 e. The molecule has 0 bridgehead atoms. The van der Waals surface area contributed by atoms with Crippen molar-refractivity contribution in [3.05, 3.63) is 29.8 Å². The van der Waals surface area contributed by atoms with Crippen LogP contribution in [0.25, 0.3) is 0 Å². The van der Waals surface area contributed by atoms with Crippen molar-refractivity contribution in [2.45, 2.75) is 6.42 Å². The smallest absolute Gasteiger partial charge is 0.136 e. The first-order valence-electron chi connectivity index (χ1n) is 5.02. The van der Waals surface area contributed by atoms with Crippen LogP contribution in [-0.2, 0) is 6.42 Å². The summed E-state index contributed by atoms with van der Waals surface area (Å²) in [6, 6.07) is 8.03. The lowest BCUT2D eigenvalue weighted by Crippen LogP contribution is -2.25. The molecule has 0 aliphatic carbocycles. The van der Waals surface area contributed by atoms with Gasteiger partial charge in [0.25, 0.3) is 0 Å². The SMILES string of the molecule is Nc1ccccc1CCN1CCSC1=S. The minimum Gasteiger partial charge on any atom is -0.399 e. The van der Waals surface area contributed by atoms with Crippen molar-refractivity contribution in [2.24, 2.45) is 0 Å². The van der Waals surface area contributed by atoms with Gasteiger partial charge in [0.05, 0.1) is 0 Å². The number of nitrogens with zero attached hydrogens (tertiary/aromatic N) is 1.